The number of nitrogens with one attached hydrogen (secondary N) is 1. The average molecular weight is 305 g/mol. The van der Waals surface area contributed by atoms with Gasteiger partial charge in [0.1, 0.15) is 0 Å². The van der Waals surface area contributed by atoms with Gasteiger partial charge in [0, 0.05) is 17.3 Å². The highest BCUT2D eigenvalue weighted by Gasteiger charge is 2.50. The number of amides is 1. The normalized spacial score (nSPS) is 38.5. The van der Waals surface area contributed by atoms with Crippen molar-refractivity contribution < 1.29 is 4.79 Å². The maximum atomic E-state index is 12.7. The summed E-state index contributed by atoms with van der Waals surface area (Å²) < 4.78 is 0. The number of nitrogens with zero attached hydrogens (tertiary/aromatic N) is 1. The molecule has 114 valence electrons. The minimum absolute atomic E-state index is 0.0759. The highest BCUT2D eigenvalue weighted by molar-refractivity contribution is 7.13. The largest absolute Gasteiger partial charge is 0.323 e. The first kappa shape index (κ1) is 13.7. The fourth-order valence-corrected chi connectivity index (χ4v) is 5.91. The molecule has 0 spiro atoms. The number of carbonyl (C=O) groups excluding carboxylic acids is 1. The second kappa shape index (κ2) is 5.06. The second-order valence-electron chi connectivity index (χ2n) is 7.31. The zero-order valence-electron chi connectivity index (χ0n) is 12.4. The molecule has 4 aliphatic rings. The Bertz CT molecular complexity index is 525. The van der Waals surface area contributed by atoms with E-state index in [4.69, 9.17) is 5.73 Å². The average Bonchev–Trinajstić information content (AvgIpc) is 2.86. The van der Waals surface area contributed by atoms with E-state index in [9.17, 15) is 4.79 Å². The molecule has 5 heteroatoms. The highest BCUT2D eigenvalue weighted by Crippen LogP contribution is 2.56. The second-order valence-corrected chi connectivity index (χ2v) is 8.17. The zero-order valence-corrected chi connectivity index (χ0v) is 13.2. The summed E-state index contributed by atoms with van der Waals surface area (Å²) in [6.45, 7) is 1.92. The summed E-state index contributed by atoms with van der Waals surface area (Å²) in [7, 11) is 0. The first-order valence-corrected chi connectivity index (χ1v) is 9.00. The fourth-order valence-electron chi connectivity index (χ4n) is 5.09. The molecular weight excluding hydrogens is 282 g/mol. The van der Waals surface area contributed by atoms with Crippen molar-refractivity contribution in [1.29, 1.82) is 0 Å². The fraction of sp³-hybridized carbons (Fsp3) is 0.750. The Balaban J connectivity index is 1.47. The van der Waals surface area contributed by atoms with Crippen molar-refractivity contribution in [2.45, 2.75) is 45.1 Å². The monoisotopic (exact) mass is 305 g/mol. The Hall–Kier alpha value is -0.940. The number of carbonyl (C=O) groups is 1. The molecule has 1 heterocycles. The number of hydrogen-bond donors (Lipinski definition) is 2. The standard InChI is InChI=1S/C16H23N3OS/c1-8(17)13-7-21-16(18-13)19-15(20)14-11-3-9-2-10(5-11)6-12(14)4-9/h7-12,14H,2-6,17H2,1H3,(H,18,19,20). The lowest BCUT2D eigenvalue weighted by atomic mass is 9.51. The summed E-state index contributed by atoms with van der Waals surface area (Å²) in [5, 5.41) is 5.71. The van der Waals surface area contributed by atoms with Gasteiger partial charge in [-0.15, -0.1) is 11.3 Å². The van der Waals surface area contributed by atoms with Gasteiger partial charge in [0.25, 0.3) is 0 Å². The number of anilines is 1. The molecule has 4 bridgehead atoms. The van der Waals surface area contributed by atoms with Crippen molar-refractivity contribution in [2.75, 3.05) is 5.32 Å². The summed E-state index contributed by atoms with van der Waals surface area (Å²) in [5.41, 5.74) is 6.69. The SMILES string of the molecule is CC(N)c1csc(NC(=O)C2C3CC4CC(C3)CC2C4)n1. The number of nitrogens with two attached hydrogens (primary N) is 1. The van der Waals surface area contributed by atoms with Gasteiger partial charge in [-0.2, -0.15) is 0 Å². The number of hydrogen-bond acceptors (Lipinski definition) is 4. The Morgan fingerprint density at radius 1 is 1.29 bits per heavy atom. The van der Waals surface area contributed by atoms with Gasteiger partial charge in [0.15, 0.2) is 5.13 Å². The molecular formula is C16H23N3OS. The van der Waals surface area contributed by atoms with E-state index < -0.39 is 0 Å². The Kier molecular flexibility index (Phi) is 3.30. The molecule has 4 fully saturated rings. The third-order valence-electron chi connectivity index (χ3n) is 5.75. The van der Waals surface area contributed by atoms with Gasteiger partial charge in [-0.3, -0.25) is 4.79 Å². The molecule has 0 aromatic carbocycles. The molecule has 4 nitrogen and oxygen atoms in total. The van der Waals surface area contributed by atoms with E-state index in [2.05, 4.69) is 10.3 Å². The van der Waals surface area contributed by atoms with Crippen molar-refractivity contribution >= 4 is 22.4 Å². The zero-order chi connectivity index (χ0) is 14.6. The number of aromatic nitrogens is 1. The van der Waals surface area contributed by atoms with Crippen LogP contribution in [-0.4, -0.2) is 10.9 Å². The predicted octanol–water partition coefficient (Wildman–Crippen LogP) is 3.17. The lowest BCUT2D eigenvalue weighted by Gasteiger charge is -2.53. The minimum atomic E-state index is -0.0759. The molecule has 0 radical (unpaired) electrons. The molecule has 1 atom stereocenters. The molecule has 1 amide bonds. The predicted molar refractivity (Wildman–Crippen MR) is 83.9 cm³/mol. The van der Waals surface area contributed by atoms with Gasteiger partial charge in [0.05, 0.1) is 5.69 Å². The summed E-state index contributed by atoms with van der Waals surface area (Å²) in [5.74, 6) is 3.47. The van der Waals surface area contributed by atoms with Crippen LogP contribution in [0.4, 0.5) is 5.13 Å². The summed E-state index contributed by atoms with van der Waals surface area (Å²) in [6, 6.07) is -0.0759. The van der Waals surface area contributed by atoms with Crippen LogP contribution in [0.5, 0.6) is 0 Å². The quantitative estimate of drug-likeness (QED) is 0.901. The summed E-state index contributed by atoms with van der Waals surface area (Å²) >= 11 is 1.48. The first-order chi connectivity index (χ1) is 10.1. The van der Waals surface area contributed by atoms with Crippen molar-refractivity contribution in [1.82, 2.24) is 4.98 Å². The van der Waals surface area contributed by atoms with Crippen LogP contribution in [0.1, 0.15) is 50.8 Å². The molecule has 1 aromatic rings. The minimum Gasteiger partial charge on any atom is -0.323 e. The third kappa shape index (κ3) is 2.40. The van der Waals surface area contributed by atoms with Crippen LogP contribution in [0, 0.1) is 29.6 Å². The molecule has 21 heavy (non-hydrogen) atoms. The van der Waals surface area contributed by atoms with Crippen LogP contribution in [-0.2, 0) is 4.79 Å². The number of rotatable bonds is 3. The van der Waals surface area contributed by atoms with E-state index in [1.807, 2.05) is 12.3 Å². The van der Waals surface area contributed by atoms with E-state index >= 15 is 0 Å². The van der Waals surface area contributed by atoms with E-state index in [-0.39, 0.29) is 17.9 Å². The molecule has 0 saturated heterocycles. The van der Waals surface area contributed by atoms with E-state index in [1.54, 1.807) is 0 Å². The highest BCUT2D eigenvalue weighted by atomic mass is 32.1. The van der Waals surface area contributed by atoms with Crippen LogP contribution < -0.4 is 11.1 Å². The van der Waals surface area contributed by atoms with Crippen molar-refractivity contribution in [3.8, 4) is 0 Å². The van der Waals surface area contributed by atoms with Crippen molar-refractivity contribution in [3.05, 3.63) is 11.1 Å². The summed E-state index contributed by atoms with van der Waals surface area (Å²) in [4.78, 5) is 17.1. The van der Waals surface area contributed by atoms with Crippen LogP contribution in [0.3, 0.4) is 0 Å². The molecule has 0 aliphatic heterocycles. The van der Waals surface area contributed by atoms with E-state index in [0.717, 1.165) is 17.5 Å². The molecule has 4 aliphatic carbocycles. The maximum absolute atomic E-state index is 12.7. The van der Waals surface area contributed by atoms with Gasteiger partial charge in [-0.05, 0) is 62.7 Å². The Labute approximate surface area is 129 Å². The molecule has 4 saturated carbocycles. The Morgan fingerprint density at radius 3 is 2.43 bits per heavy atom. The smallest absolute Gasteiger partial charge is 0.229 e. The third-order valence-corrected chi connectivity index (χ3v) is 6.52. The Morgan fingerprint density at radius 2 is 1.90 bits per heavy atom. The van der Waals surface area contributed by atoms with E-state index in [0.29, 0.717) is 17.0 Å². The van der Waals surface area contributed by atoms with Gasteiger partial charge >= 0.3 is 0 Å². The maximum Gasteiger partial charge on any atom is 0.229 e. The van der Waals surface area contributed by atoms with Crippen LogP contribution in [0.2, 0.25) is 0 Å². The lowest BCUT2D eigenvalue weighted by Crippen LogP contribution is -2.49. The van der Waals surface area contributed by atoms with Crippen molar-refractivity contribution in [3.63, 3.8) is 0 Å². The molecule has 5 rings (SSSR count). The lowest BCUT2D eigenvalue weighted by molar-refractivity contribution is -0.132. The molecule has 1 aromatic heterocycles. The van der Waals surface area contributed by atoms with Crippen LogP contribution in [0.25, 0.3) is 0 Å². The van der Waals surface area contributed by atoms with Gasteiger partial charge in [0.2, 0.25) is 5.91 Å². The summed E-state index contributed by atoms with van der Waals surface area (Å²) in [6.07, 6.45) is 6.51. The van der Waals surface area contributed by atoms with Gasteiger partial charge in [-0.25, -0.2) is 4.98 Å². The van der Waals surface area contributed by atoms with E-state index in [1.165, 1.54) is 43.4 Å². The van der Waals surface area contributed by atoms with Crippen molar-refractivity contribution in [2.24, 2.45) is 35.3 Å². The van der Waals surface area contributed by atoms with Gasteiger partial charge in [-0.1, -0.05) is 0 Å². The molecule has 3 N–H and O–H groups in total. The van der Waals surface area contributed by atoms with Gasteiger partial charge < -0.3 is 11.1 Å². The van der Waals surface area contributed by atoms with Crippen LogP contribution in [0.15, 0.2) is 5.38 Å². The topological polar surface area (TPSA) is 68.0 Å². The first-order valence-electron chi connectivity index (χ1n) is 8.12. The molecule has 1 unspecified atom stereocenters. The van der Waals surface area contributed by atoms with Crippen LogP contribution >= 0.6 is 11.3 Å². The number of thiazole rings is 1.